The van der Waals surface area contributed by atoms with Gasteiger partial charge >= 0.3 is 0 Å². The first kappa shape index (κ1) is 11.0. The summed E-state index contributed by atoms with van der Waals surface area (Å²) in [6.45, 7) is 4.44. The molecular weight excluding hydrogens is 279 g/mol. The van der Waals surface area contributed by atoms with Crippen molar-refractivity contribution in [2.24, 2.45) is 0 Å². The van der Waals surface area contributed by atoms with E-state index in [1.54, 1.807) is 6.08 Å². The van der Waals surface area contributed by atoms with Crippen molar-refractivity contribution in [3.05, 3.63) is 12.7 Å². The predicted octanol–water partition coefficient (Wildman–Crippen LogP) is 2.13. The zero-order chi connectivity index (χ0) is 9.68. The van der Waals surface area contributed by atoms with Gasteiger partial charge in [-0.15, -0.1) is 18.9 Å². The minimum Gasteiger partial charge on any atom is -0.351 e. The van der Waals surface area contributed by atoms with Gasteiger partial charge in [0.15, 0.2) is 6.29 Å². The number of alkyl halides is 1. The lowest BCUT2D eigenvalue weighted by Crippen LogP contribution is -2.25. The van der Waals surface area contributed by atoms with E-state index in [0.29, 0.717) is 10.3 Å². The summed E-state index contributed by atoms with van der Waals surface area (Å²) in [7, 11) is 0. The van der Waals surface area contributed by atoms with E-state index < -0.39 is 0 Å². The average Bonchev–Trinajstić information content (AvgIpc) is 2.51. The van der Waals surface area contributed by atoms with Crippen molar-refractivity contribution in [2.75, 3.05) is 6.61 Å². The topological polar surface area (TPSA) is 18.5 Å². The molecule has 0 amide bonds. The maximum atomic E-state index is 5.62. The van der Waals surface area contributed by atoms with Crippen molar-refractivity contribution < 1.29 is 9.47 Å². The Hall–Kier alpha value is -0.0500. The van der Waals surface area contributed by atoms with Crippen LogP contribution in [0.1, 0.15) is 12.8 Å². The Bertz CT molecular complexity index is 209. The van der Waals surface area contributed by atoms with Crippen LogP contribution in [-0.4, -0.2) is 22.9 Å². The van der Waals surface area contributed by atoms with Crippen LogP contribution in [0.2, 0.25) is 0 Å². The zero-order valence-corrected chi connectivity index (χ0v) is 9.57. The molecule has 1 aliphatic rings. The number of ether oxygens (including phenoxy) is 2. The van der Waals surface area contributed by atoms with Gasteiger partial charge in [0.25, 0.3) is 0 Å². The molecule has 1 saturated heterocycles. The van der Waals surface area contributed by atoms with Crippen LogP contribution in [0.4, 0.5) is 0 Å². The van der Waals surface area contributed by atoms with E-state index in [0.717, 1.165) is 13.0 Å². The molecule has 0 bridgehead atoms. The smallest absolute Gasteiger partial charge is 0.170 e. The van der Waals surface area contributed by atoms with Crippen LogP contribution in [0.5, 0.6) is 0 Å². The third-order valence-corrected chi connectivity index (χ3v) is 3.07. The van der Waals surface area contributed by atoms with Crippen LogP contribution in [0.25, 0.3) is 0 Å². The van der Waals surface area contributed by atoms with Gasteiger partial charge in [0.2, 0.25) is 0 Å². The average molecular weight is 292 g/mol. The Balaban J connectivity index is 2.37. The van der Waals surface area contributed by atoms with Crippen molar-refractivity contribution in [3.63, 3.8) is 0 Å². The Morgan fingerprint density at radius 2 is 2.62 bits per heavy atom. The van der Waals surface area contributed by atoms with Crippen molar-refractivity contribution in [1.29, 1.82) is 0 Å². The van der Waals surface area contributed by atoms with E-state index in [4.69, 9.17) is 15.9 Å². The largest absolute Gasteiger partial charge is 0.351 e. The molecule has 0 aromatic rings. The van der Waals surface area contributed by atoms with E-state index in [1.807, 2.05) is 0 Å². The molecule has 0 aliphatic carbocycles. The van der Waals surface area contributed by atoms with E-state index in [-0.39, 0.29) is 12.4 Å². The summed E-state index contributed by atoms with van der Waals surface area (Å²) in [5.41, 5.74) is 0. The first-order chi connectivity index (χ1) is 6.27. The Morgan fingerprint density at radius 1 is 1.85 bits per heavy atom. The van der Waals surface area contributed by atoms with Crippen LogP contribution in [0, 0.1) is 12.3 Å². The molecule has 13 heavy (non-hydrogen) atoms. The highest BCUT2D eigenvalue weighted by molar-refractivity contribution is 14.1. The molecule has 0 N–H and O–H groups in total. The maximum Gasteiger partial charge on any atom is 0.170 e. The minimum absolute atomic E-state index is 0.0784. The summed E-state index contributed by atoms with van der Waals surface area (Å²) in [6.07, 6.45) is 8.34. The van der Waals surface area contributed by atoms with Gasteiger partial charge in [0.1, 0.15) is 0 Å². The summed E-state index contributed by atoms with van der Waals surface area (Å²) in [4.78, 5) is 0. The fraction of sp³-hybridized carbons (Fsp3) is 0.600. The van der Waals surface area contributed by atoms with Crippen LogP contribution < -0.4 is 0 Å². The lowest BCUT2D eigenvalue weighted by Gasteiger charge is -2.19. The maximum absolute atomic E-state index is 5.62. The van der Waals surface area contributed by atoms with E-state index in [9.17, 15) is 0 Å². The molecule has 0 unspecified atom stereocenters. The Labute approximate surface area is 92.8 Å². The second-order valence-electron chi connectivity index (χ2n) is 2.86. The molecule has 72 valence electrons. The van der Waals surface area contributed by atoms with Crippen LogP contribution in [0.3, 0.4) is 0 Å². The number of terminal acetylenes is 1. The number of rotatable bonds is 4. The molecule has 0 aromatic carbocycles. The van der Waals surface area contributed by atoms with E-state index in [1.165, 1.54) is 0 Å². The predicted molar refractivity (Wildman–Crippen MR) is 60.7 cm³/mol. The van der Waals surface area contributed by atoms with E-state index >= 15 is 0 Å². The SMILES string of the molecule is C#CC[C@H](C=C)O[C@H]1OCC[C@@H]1I. The number of hydrogen-bond donors (Lipinski definition) is 0. The normalized spacial score (nSPS) is 29.5. The quantitative estimate of drug-likeness (QED) is 0.342. The molecular formula is C10H13IO2. The van der Waals surface area contributed by atoms with Gasteiger partial charge in [0, 0.05) is 6.42 Å². The van der Waals surface area contributed by atoms with E-state index in [2.05, 4.69) is 35.1 Å². The molecule has 1 rings (SSSR count). The van der Waals surface area contributed by atoms with Gasteiger partial charge in [0.05, 0.1) is 16.6 Å². The molecule has 1 heterocycles. The Morgan fingerprint density at radius 3 is 3.08 bits per heavy atom. The van der Waals surface area contributed by atoms with Crippen molar-refractivity contribution >= 4 is 22.6 Å². The van der Waals surface area contributed by atoms with Gasteiger partial charge in [-0.1, -0.05) is 28.7 Å². The summed E-state index contributed by atoms with van der Waals surface area (Å²) in [5, 5.41) is 0. The van der Waals surface area contributed by atoms with Crippen LogP contribution in [-0.2, 0) is 9.47 Å². The first-order valence-corrected chi connectivity index (χ1v) is 5.49. The molecule has 3 atom stereocenters. The highest BCUT2D eigenvalue weighted by atomic mass is 127. The highest BCUT2D eigenvalue weighted by Gasteiger charge is 2.28. The Kier molecular flexibility index (Phi) is 4.78. The second-order valence-corrected chi connectivity index (χ2v) is 4.46. The van der Waals surface area contributed by atoms with Crippen LogP contribution >= 0.6 is 22.6 Å². The molecule has 0 saturated carbocycles. The molecule has 0 spiro atoms. The number of hydrogen-bond acceptors (Lipinski definition) is 2. The van der Waals surface area contributed by atoms with Gasteiger partial charge in [-0.25, -0.2) is 0 Å². The van der Waals surface area contributed by atoms with Gasteiger partial charge in [-0.3, -0.25) is 0 Å². The fourth-order valence-electron chi connectivity index (χ4n) is 1.14. The fourth-order valence-corrected chi connectivity index (χ4v) is 1.77. The molecule has 1 aliphatic heterocycles. The molecule has 1 fully saturated rings. The number of halogens is 1. The molecule has 3 heteroatoms. The van der Waals surface area contributed by atoms with Crippen molar-refractivity contribution in [2.45, 2.75) is 29.2 Å². The second kappa shape index (κ2) is 5.63. The summed E-state index contributed by atoms with van der Waals surface area (Å²) in [6, 6.07) is 0. The first-order valence-electron chi connectivity index (χ1n) is 4.25. The molecule has 0 aromatic heterocycles. The highest BCUT2D eigenvalue weighted by Crippen LogP contribution is 2.24. The minimum atomic E-state index is -0.114. The van der Waals surface area contributed by atoms with Crippen LogP contribution in [0.15, 0.2) is 12.7 Å². The lowest BCUT2D eigenvalue weighted by molar-refractivity contribution is -0.125. The zero-order valence-electron chi connectivity index (χ0n) is 7.41. The molecule has 2 nitrogen and oxygen atoms in total. The van der Waals surface area contributed by atoms with Crippen molar-refractivity contribution in [3.8, 4) is 12.3 Å². The third-order valence-electron chi connectivity index (χ3n) is 1.86. The van der Waals surface area contributed by atoms with Gasteiger partial charge in [-0.2, -0.15) is 0 Å². The summed E-state index contributed by atoms with van der Waals surface area (Å²) < 4.78 is 11.4. The lowest BCUT2D eigenvalue weighted by atomic mass is 10.2. The summed E-state index contributed by atoms with van der Waals surface area (Å²) in [5.74, 6) is 2.55. The monoisotopic (exact) mass is 292 g/mol. The third kappa shape index (κ3) is 3.29. The van der Waals surface area contributed by atoms with Crippen molar-refractivity contribution in [1.82, 2.24) is 0 Å². The standard InChI is InChI=1S/C10H13IO2/c1-3-5-8(4-2)13-10-9(11)6-7-12-10/h1,4,8-10H,2,5-7H2/t8-,9-,10+/m0/s1. The molecule has 0 radical (unpaired) electrons. The van der Waals surface area contributed by atoms with Gasteiger partial charge < -0.3 is 9.47 Å². The van der Waals surface area contributed by atoms with Gasteiger partial charge in [-0.05, 0) is 6.42 Å². The summed E-state index contributed by atoms with van der Waals surface area (Å²) >= 11 is 2.34.